The Morgan fingerprint density at radius 2 is 2.04 bits per heavy atom. The molecule has 1 aliphatic rings. The number of aromatic amines is 2. The van der Waals surface area contributed by atoms with Crippen molar-refractivity contribution in [1.82, 2.24) is 9.97 Å². The maximum atomic E-state index is 5.51. The van der Waals surface area contributed by atoms with Gasteiger partial charge in [0.25, 0.3) is 0 Å². The van der Waals surface area contributed by atoms with E-state index >= 15 is 0 Å². The molecule has 0 unspecified atom stereocenters. The first-order valence-electron chi connectivity index (χ1n) is 9.60. The molecule has 0 saturated heterocycles. The summed E-state index contributed by atoms with van der Waals surface area (Å²) in [6.07, 6.45) is 13.6. The second-order valence-corrected chi connectivity index (χ2v) is 6.86. The van der Waals surface area contributed by atoms with Gasteiger partial charge < -0.3 is 14.7 Å². The van der Waals surface area contributed by atoms with Crippen molar-refractivity contribution >= 4 is 11.8 Å². The van der Waals surface area contributed by atoms with Crippen LogP contribution in [0.1, 0.15) is 61.7 Å². The van der Waals surface area contributed by atoms with Crippen LogP contribution in [0, 0.1) is 6.92 Å². The molecule has 2 aromatic heterocycles. The first-order valence-corrected chi connectivity index (χ1v) is 9.60. The number of allylic oxidation sites excluding steroid dienone is 1. The molecule has 0 atom stereocenters. The third-order valence-electron chi connectivity index (χ3n) is 4.84. The minimum Gasteiger partial charge on any atom is -0.494 e. The molecule has 2 N–H and O–H groups in total. The number of hydrogen-bond acceptors (Lipinski definition) is 2. The van der Waals surface area contributed by atoms with Crippen molar-refractivity contribution in [2.24, 2.45) is 4.99 Å². The van der Waals surface area contributed by atoms with E-state index in [2.05, 4.69) is 36.0 Å². The van der Waals surface area contributed by atoms with E-state index in [0.717, 1.165) is 35.0 Å². The third kappa shape index (κ3) is 4.37. The number of rotatable bonds is 9. The van der Waals surface area contributed by atoms with Crippen LogP contribution in [0.3, 0.4) is 0 Å². The summed E-state index contributed by atoms with van der Waals surface area (Å²) < 4.78 is 5.51. The van der Waals surface area contributed by atoms with Crippen molar-refractivity contribution in [2.75, 3.05) is 7.11 Å². The predicted octanol–water partition coefficient (Wildman–Crippen LogP) is 5.54. The summed E-state index contributed by atoms with van der Waals surface area (Å²) in [7, 11) is 1.69. The second-order valence-electron chi connectivity index (χ2n) is 6.86. The highest BCUT2D eigenvalue weighted by atomic mass is 16.5. The van der Waals surface area contributed by atoms with E-state index in [-0.39, 0.29) is 0 Å². The molecule has 0 amide bonds. The maximum absolute atomic E-state index is 5.51. The van der Waals surface area contributed by atoms with Gasteiger partial charge >= 0.3 is 0 Å². The molecule has 26 heavy (non-hydrogen) atoms. The fraction of sp³-hybridized carbons (Fsp3) is 0.409. The van der Waals surface area contributed by atoms with E-state index in [9.17, 15) is 0 Å². The Kier molecular flexibility index (Phi) is 6.16. The van der Waals surface area contributed by atoms with Crippen LogP contribution < -0.4 is 0 Å². The molecule has 0 saturated carbocycles. The molecule has 0 radical (unpaired) electrons. The number of methoxy groups -OCH3 is 1. The Labute approximate surface area is 156 Å². The molecule has 138 valence electrons. The van der Waals surface area contributed by atoms with Crippen LogP contribution in [0.5, 0.6) is 0 Å². The van der Waals surface area contributed by atoms with Crippen molar-refractivity contribution in [1.29, 1.82) is 0 Å². The molecule has 2 aromatic rings. The van der Waals surface area contributed by atoms with Gasteiger partial charge in [-0.3, -0.25) is 0 Å². The highest BCUT2D eigenvalue weighted by Gasteiger charge is 2.17. The van der Waals surface area contributed by atoms with Gasteiger partial charge in [0.2, 0.25) is 0 Å². The minimum atomic E-state index is 0.794. The summed E-state index contributed by atoms with van der Waals surface area (Å²) in [6.45, 7) is 4.41. The van der Waals surface area contributed by atoms with Crippen LogP contribution in [0.25, 0.3) is 6.08 Å². The molecule has 0 spiro atoms. The van der Waals surface area contributed by atoms with Crippen LogP contribution in [0.4, 0.5) is 0 Å². The zero-order chi connectivity index (χ0) is 18.4. The molecular formula is C22H29N3O. The number of aryl methyl sites for hydroxylation is 2. The second kappa shape index (κ2) is 8.75. The molecule has 0 fully saturated rings. The molecule has 3 rings (SSSR count). The van der Waals surface area contributed by atoms with Gasteiger partial charge in [0.15, 0.2) is 0 Å². The van der Waals surface area contributed by atoms with Gasteiger partial charge in [-0.25, -0.2) is 4.99 Å². The zero-order valence-electron chi connectivity index (χ0n) is 16.1. The maximum Gasteiger partial charge on any atom is 0.146 e. The SMILES string of the molecule is CCCCCCCc1cc(C=C2N=C(c3ccc[nH]3)C=C2OC)[nH]c1C. The Balaban J connectivity index is 1.71. The molecule has 0 aromatic carbocycles. The average molecular weight is 351 g/mol. The standard InChI is InChI=1S/C22H29N3O/c1-4-5-6-7-8-10-17-13-18(24-16(17)2)14-21-22(26-3)15-20(25-21)19-11-9-12-23-19/h9,11-15,23-24H,4-8,10H2,1-3H3. The highest BCUT2D eigenvalue weighted by molar-refractivity contribution is 6.11. The number of ether oxygens (including phenoxy) is 1. The van der Waals surface area contributed by atoms with E-state index in [1.807, 2.05) is 24.4 Å². The fourth-order valence-electron chi connectivity index (χ4n) is 3.34. The molecular weight excluding hydrogens is 322 g/mol. The third-order valence-corrected chi connectivity index (χ3v) is 4.84. The molecule has 4 heteroatoms. The first-order chi connectivity index (χ1) is 12.7. The van der Waals surface area contributed by atoms with Crippen LogP contribution in [-0.2, 0) is 11.2 Å². The topological polar surface area (TPSA) is 53.2 Å². The summed E-state index contributed by atoms with van der Waals surface area (Å²) in [5, 5.41) is 0. The number of hydrogen-bond donors (Lipinski definition) is 2. The zero-order valence-corrected chi connectivity index (χ0v) is 16.1. The summed E-state index contributed by atoms with van der Waals surface area (Å²) in [5.41, 5.74) is 6.49. The molecule has 4 nitrogen and oxygen atoms in total. The molecule has 3 heterocycles. The number of nitrogens with zero attached hydrogens (tertiary/aromatic N) is 1. The van der Waals surface area contributed by atoms with Gasteiger partial charge in [-0.2, -0.15) is 0 Å². The average Bonchev–Trinajstić information content (AvgIpc) is 3.35. The molecule has 0 bridgehead atoms. The van der Waals surface area contributed by atoms with Crippen LogP contribution in [0.2, 0.25) is 0 Å². The van der Waals surface area contributed by atoms with E-state index in [0.29, 0.717) is 0 Å². The quantitative estimate of drug-likeness (QED) is 0.573. The Morgan fingerprint density at radius 1 is 1.19 bits per heavy atom. The van der Waals surface area contributed by atoms with Gasteiger partial charge in [0, 0.05) is 23.7 Å². The van der Waals surface area contributed by atoms with Gasteiger partial charge in [-0.05, 0) is 49.6 Å². The van der Waals surface area contributed by atoms with Gasteiger partial charge in [-0.1, -0.05) is 32.6 Å². The van der Waals surface area contributed by atoms with Crippen LogP contribution >= 0.6 is 0 Å². The van der Waals surface area contributed by atoms with Crippen LogP contribution in [0.15, 0.2) is 46.9 Å². The van der Waals surface area contributed by atoms with Gasteiger partial charge in [0.05, 0.1) is 18.5 Å². The summed E-state index contributed by atoms with van der Waals surface area (Å²) >= 11 is 0. The lowest BCUT2D eigenvalue weighted by molar-refractivity contribution is 0.303. The van der Waals surface area contributed by atoms with E-state index < -0.39 is 0 Å². The number of unbranched alkanes of at least 4 members (excludes halogenated alkanes) is 4. The fourth-order valence-corrected chi connectivity index (χ4v) is 3.34. The minimum absolute atomic E-state index is 0.794. The van der Waals surface area contributed by atoms with E-state index in [4.69, 9.17) is 9.73 Å². The number of nitrogens with one attached hydrogen (secondary N) is 2. The highest BCUT2D eigenvalue weighted by Crippen LogP contribution is 2.25. The Hall–Kier alpha value is -2.49. The van der Waals surface area contributed by atoms with Gasteiger partial charge in [-0.15, -0.1) is 0 Å². The Morgan fingerprint density at radius 3 is 2.77 bits per heavy atom. The van der Waals surface area contributed by atoms with E-state index in [1.54, 1.807) is 7.11 Å². The van der Waals surface area contributed by atoms with Gasteiger partial charge in [0.1, 0.15) is 11.5 Å². The van der Waals surface area contributed by atoms with Crippen LogP contribution in [-0.4, -0.2) is 22.8 Å². The van der Waals surface area contributed by atoms with E-state index in [1.165, 1.54) is 43.4 Å². The lowest BCUT2D eigenvalue weighted by Gasteiger charge is -2.00. The largest absolute Gasteiger partial charge is 0.494 e. The number of aliphatic imine (C=N–C) groups is 1. The molecule has 0 aliphatic carbocycles. The number of H-pyrrole nitrogens is 2. The molecule has 1 aliphatic heterocycles. The van der Waals surface area contributed by atoms with Crippen molar-refractivity contribution < 1.29 is 4.74 Å². The summed E-state index contributed by atoms with van der Waals surface area (Å²) in [4.78, 5) is 11.4. The van der Waals surface area contributed by atoms with Crippen molar-refractivity contribution in [2.45, 2.75) is 52.4 Å². The normalized spacial score (nSPS) is 15.4. The monoisotopic (exact) mass is 351 g/mol. The smallest absolute Gasteiger partial charge is 0.146 e. The summed E-state index contributed by atoms with van der Waals surface area (Å²) in [6, 6.07) is 6.24. The number of aromatic nitrogens is 2. The van der Waals surface area contributed by atoms with Crippen molar-refractivity contribution in [3.05, 3.63) is 64.6 Å². The summed E-state index contributed by atoms with van der Waals surface area (Å²) in [5.74, 6) is 0.794. The van der Waals surface area contributed by atoms with Crippen molar-refractivity contribution in [3.63, 3.8) is 0 Å². The lowest BCUT2D eigenvalue weighted by atomic mass is 10.1. The van der Waals surface area contributed by atoms with Crippen molar-refractivity contribution in [3.8, 4) is 0 Å². The predicted molar refractivity (Wildman–Crippen MR) is 108 cm³/mol. The first kappa shape index (κ1) is 18.3. The Bertz CT molecular complexity index is 807. The lowest BCUT2D eigenvalue weighted by Crippen LogP contribution is -1.93.